The monoisotopic (exact) mass is 244 g/mol. The summed E-state index contributed by atoms with van der Waals surface area (Å²) in [4.78, 5) is 8.44. The standard InChI is InChI=1S/C13H9ClN2O/c1-8-2-4-9(5-3-8)12-16-11-10(14)6-7-15-13(11)17-12/h2-7H,1H3. The van der Waals surface area contributed by atoms with E-state index in [1.807, 2.05) is 31.2 Å². The first-order valence-electron chi connectivity index (χ1n) is 5.22. The van der Waals surface area contributed by atoms with E-state index in [1.165, 1.54) is 5.56 Å². The Morgan fingerprint density at radius 2 is 1.88 bits per heavy atom. The first kappa shape index (κ1) is 10.3. The molecule has 1 aromatic carbocycles. The van der Waals surface area contributed by atoms with Crippen molar-refractivity contribution in [3.05, 3.63) is 47.1 Å². The molecule has 0 aliphatic carbocycles. The lowest BCUT2D eigenvalue weighted by atomic mass is 10.1. The van der Waals surface area contributed by atoms with Crippen molar-refractivity contribution < 1.29 is 4.42 Å². The van der Waals surface area contributed by atoms with Gasteiger partial charge in [0.05, 0.1) is 5.02 Å². The number of nitrogens with zero attached hydrogens (tertiary/aromatic N) is 2. The number of fused-ring (bicyclic) bond motifs is 1. The Kier molecular flexibility index (Phi) is 2.34. The van der Waals surface area contributed by atoms with Crippen LogP contribution in [0.5, 0.6) is 0 Å². The summed E-state index contributed by atoms with van der Waals surface area (Å²) in [6.07, 6.45) is 1.61. The summed E-state index contributed by atoms with van der Waals surface area (Å²) in [6, 6.07) is 9.66. The van der Waals surface area contributed by atoms with Crippen LogP contribution < -0.4 is 0 Å². The van der Waals surface area contributed by atoms with Gasteiger partial charge in [0.25, 0.3) is 0 Å². The predicted molar refractivity (Wildman–Crippen MR) is 67.0 cm³/mol. The van der Waals surface area contributed by atoms with Gasteiger partial charge in [0, 0.05) is 11.8 Å². The number of benzene rings is 1. The highest BCUT2D eigenvalue weighted by atomic mass is 35.5. The van der Waals surface area contributed by atoms with Gasteiger partial charge in [-0.2, -0.15) is 0 Å². The van der Waals surface area contributed by atoms with Crippen LogP contribution in [0, 0.1) is 6.92 Å². The van der Waals surface area contributed by atoms with Crippen LogP contribution in [0.25, 0.3) is 22.7 Å². The fourth-order valence-electron chi connectivity index (χ4n) is 1.62. The molecule has 0 amide bonds. The summed E-state index contributed by atoms with van der Waals surface area (Å²) in [5.74, 6) is 0.542. The summed E-state index contributed by atoms with van der Waals surface area (Å²) in [7, 11) is 0. The summed E-state index contributed by atoms with van der Waals surface area (Å²) < 4.78 is 5.57. The number of aryl methyl sites for hydroxylation is 1. The van der Waals surface area contributed by atoms with Crippen molar-refractivity contribution in [2.45, 2.75) is 6.92 Å². The summed E-state index contributed by atoms with van der Waals surface area (Å²) >= 11 is 6.02. The second-order valence-electron chi connectivity index (χ2n) is 3.83. The van der Waals surface area contributed by atoms with Crippen molar-refractivity contribution >= 4 is 22.8 Å². The van der Waals surface area contributed by atoms with Gasteiger partial charge in [-0.15, -0.1) is 0 Å². The number of rotatable bonds is 1. The second-order valence-corrected chi connectivity index (χ2v) is 4.24. The molecule has 0 atom stereocenters. The SMILES string of the molecule is Cc1ccc(-c2nc3c(Cl)ccnc3o2)cc1. The molecule has 3 aromatic rings. The number of aromatic nitrogens is 2. The van der Waals surface area contributed by atoms with Gasteiger partial charge in [-0.05, 0) is 25.1 Å². The molecule has 2 heterocycles. The Morgan fingerprint density at radius 3 is 2.59 bits per heavy atom. The van der Waals surface area contributed by atoms with Crippen molar-refractivity contribution in [2.75, 3.05) is 0 Å². The molecule has 84 valence electrons. The third-order valence-electron chi connectivity index (χ3n) is 2.55. The van der Waals surface area contributed by atoms with Gasteiger partial charge in [0.1, 0.15) is 5.52 Å². The van der Waals surface area contributed by atoms with Crippen LogP contribution in [-0.4, -0.2) is 9.97 Å². The Morgan fingerprint density at radius 1 is 1.12 bits per heavy atom. The lowest BCUT2D eigenvalue weighted by molar-refractivity contribution is 0.608. The van der Waals surface area contributed by atoms with E-state index in [2.05, 4.69) is 9.97 Å². The normalized spacial score (nSPS) is 10.9. The quantitative estimate of drug-likeness (QED) is 0.653. The molecule has 3 rings (SSSR count). The van der Waals surface area contributed by atoms with Crippen molar-refractivity contribution in [2.24, 2.45) is 0 Å². The van der Waals surface area contributed by atoms with Gasteiger partial charge < -0.3 is 4.42 Å². The molecule has 3 nitrogen and oxygen atoms in total. The van der Waals surface area contributed by atoms with E-state index < -0.39 is 0 Å². The number of hydrogen-bond acceptors (Lipinski definition) is 3. The number of halogens is 1. The highest BCUT2D eigenvalue weighted by Gasteiger charge is 2.11. The van der Waals surface area contributed by atoms with Gasteiger partial charge >= 0.3 is 0 Å². The van der Waals surface area contributed by atoms with Gasteiger partial charge in [0.15, 0.2) is 0 Å². The van der Waals surface area contributed by atoms with Crippen LogP contribution in [0.1, 0.15) is 5.56 Å². The Labute approximate surface area is 103 Å². The fraction of sp³-hybridized carbons (Fsp3) is 0.0769. The van der Waals surface area contributed by atoms with Crippen LogP contribution in [0.3, 0.4) is 0 Å². The minimum absolute atomic E-state index is 0.466. The van der Waals surface area contributed by atoms with E-state index in [4.69, 9.17) is 16.0 Å². The highest BCUT2D eigenvalue weighted by molar-refractivity contribution is 6.34. The van der Waals surface area contributed by atoms with Crippen molar-refractivity contribution in [1.82, 2.24) is 9.97 Å². The van der Waals surface area contributed by atoms with Gasteiger partial charge in [0.2, 0.25) is 11.6 Å². The molecule has 0 fully saturated rings. The van der Waals surface area contributed by atoms with Crippen molar-refractivity contribution in [3.63, 3.8) is 0 Å². The van der Waals surface area contributed by atoms with Crippen LogP contribution in [-0.2, 0) is 0 Å². The van der Waals surface area contributed by atoms with Crippen LogP contribution in [0.2, 0.25) is 5.02 Å². The zero-order valence-corrected chi connectivity index (χ0v) is 9.90. The molecule has 17 heavy (non-hydrogen) atoms. The largest absolute Gasteiger partial charge is 0.418 e. The van der Waals surface area contributed by atoms with Crippen LogP contribution in [0.15, 0.2) is 40.9 Å². The van der Waals surface area contributed by atoms with Gasteiger partial charge in [-0.3, -0.25) is 0 Å². The molecular formula is C13H9ClN2O. The topological polar surface area (TPSA) is 38.9 Å². The van der Waals surface area contributed by atoms with E-state index in [-0.39, 0.29) is 0 Å². The average molecular weight is 245 g/mol. The molecule has 0 radical (unpaired) electrons. The van der Waals surface area contributed by atoms with Crippen LogP contribution >= 0.6 is 11.6 Å². The molecule has 0 saturated heterocycles. The highest BCUT2D eigenvalue weighted by Crippen LogP contribution is 2.27. The maximum absolute atomic E-state index is 6.02. The molecular weight excluding hydrogens is 236 g/mol. The molecule has 4 heteroatoms. The van der Waals surface area contributed by atoms with E-state index in [1.54, 1.807) is 12.3 Å². The number of hydrogen-bond donors (Lipinski definition) is 0. The van der Waals surface area contributed by atoms with E-state index >= 15 is 0 Å². The minimum atomic E-state index is 0.466. The third kappa shape index (κ3) is 1.78. The first-order chi connectivity index (χ1) is 8.24. The molecule has 2 aromatic heterocycles. The molecule has 0 bridgehead atoms. The predicted octanol–water partition coefficient (Wildman–Crippen LogP) is 3.85. The molecule has 0 N–H and O–H groups in total. The lowest BCUT2D eigenvalue weighted by Crippen LogP contribution is -1.77. The maximum atomic E-state index is 6.02. The molecule has 0 aliphatic heterocycles. The van der Waals surface area contributed by atoms with Gasteiger partial charge in [-0.25, -0.2) is 9.97 Å². The van der Waals surface area contributed by atoms with E-state index in [0.29, 0.717) is 22.1 Å². The summed E-state index contributed by atoms with van der Waals surface area (Å²) in [5, 5.41) is 0.553. The molecule has 0 unspecified atom stereocenters. The zero-order chi connectivity index (χ0) is 11.8. The fourth-order valence-corrected chi connectivity index (χ4v) is 1.80. The summed E-state index contributed by atoms with van der Waals surface area (Å²) in [5.41, 5.74) is 3.18. The van der Waals surface area contributed by atoms with Crippen LogP contribution in [0.4, 0.5) is 0 Å². The first-order valence-corrected chi connectivity index (χ1v) is 5.60. The number of oxazole rings is 1. The van der Waals surface area contributed by atoms with Crippen molar-refractivity contribution in [3.8, 4) is 11.5 Å². The molecule has 0 saturated carbocycles. The Balaban J connectivity index is 2.18. The van der Waals surface area contributed by atoms with Gasteiger partial charge in [-0.1, -0.05) is 29.3 Å². The molecule has 0 aliphatic rings. The third-order valence-corrected chi connectivity index (χ3v) is 2.85. The molecule has 0 spiro atoms. The maximum Gasteiger partial charge on any atom is 0.248 e. The summed E-state index contributed by atoms with van der Waals surface area (Å²) in [6.45, 7) is 2.04. The Hall–Kier alpha value is -1.87. The number of pyridine rings is 1. The minimum Gasteiger partial charge on any atom is -0.418 e. The average Bonchev–Trinajstić information content (AvgIpc) is 2.75. The second kappa shape index (κ2) is 3.86. The Bertz CT molecular complexity index is 673. The lowest BCUT2D eigenvalue weighted by Gasteiger charge is -1.94. The van der Waals surface area contributed by atoms with E-state index in [0.717, 1.165) is 5.56 Å². The van der Waals surface area contributed by atoms with E-state index in [9.17, 15) is 0 Å². The van der Waals surface area contributed by atoms with Crippen molar-refractivity contribution in [1.29, 1.82) is 0 Å². The zero-order valence-electron chi connectivity index (χ0n) is 9.14. The smallest absolute Gasteiger partial charge is 0.248 e.